The molecule has 0 heterocycles. The maximum absolute atomic E-state index is 6.14. The lowest BCUT2D eigenvalue weighted by Gasteiger charge is -2.13. The summed E-state index contributed by atoms with van der Waals surface area (Å²) in [5.74, 6) is 1.39. The first-order chi connectivity index (χ1) is 9.72. The number of nitrogens with one attached hydrogen (secondary N) is 1. The highest BCUT2D eigenvalue weighted by Gasteiger charge is 2.09. The molecule has 0 aromatic heterocycles. The number of hydrogen-bond acceptors (Lipinski definition) is 3. The number of rotatable bonds is 10. The molecule has 0 saturated heterocycles. The zero-order valence-corrected chi connectivity index (χ0v) is 13.6. The van der Waals surface area contributed by atoms with Gasteiger partial charge in [0.2, 0.25) is 0 Å². The van der Waals surface area contributed by atoms with Crippen LogP contribution >= 0.6 is 11.6 Å². The van der Waals surface area contributed by atoms with Crippen molar-refractivity contribution in [2.24, 2.45) is 0 Å². The number of hydrogen-bond donors (Lipinski definition) is 1. The minimum Gasteiger partial charge on any atom is -0.495 e. The molecule has 0 aliphatic carbocycles. The molecule has 1 rings (SSSR count). The Morgan fingerprint density at radius 1 is 0.950 bits per heavy atom. The van der Waals surface area contributed by atoms with E-state index in [4.69, 9.17) is 21.1 Å². The summed E-state index contributed by atoms with van der Waals surface area (Å²) in [6.45, 7) is 3.17. The van der Waals surface area contributed by atoms with E-state index in [2.05, 4.69) is 12.2 Å². The largest absolute Gasteiger partial charge is 0.495 e. The van der Waals surface area contributed by atoms with Gasteiger partial charge in [-0.15, -0.1) is 0 Å². The monoisotopic (exact) mass is 299 g/mol. The van der Waals surface area contributed by atoms with Crippen LogP contribution in [0.3, 0.4) is 0 Å². The molecule has 0 saturated carbocycles. The van der Waals surface area contributed by atoms with Gasteiger partial charge in [-0.25, -0.2) is 0 Å². The van der Waals surface area contributed by atoms with Gasteiger partial charge in [-0.2, -0.15) is 0 Å². The normalized spacial score (nSPS) is 10.4. The lowest BCUT2D eigenvalue weighted by Crippen LogP contribution is -2.03. The predicted molar refractivity (Wildman–Crippen MR) is 86.4 cm³/mol. The molecule has 1 aromatic carbocycles. The third-order valence-corrected chi connectivity index (χ3v) is 3.62. The van der Waals surface area contributed by atoms with Crippen molar-refractivity contribution in [3.63, 3.8) is 0 Å². The molecule has 0 bridgehead atoms. The summed E-state index contributed by atoms with van der Waals surface area (Å²) < 4.78 is 10.5. The van der Waals surface area contributed by atoms with Crippen molar-refractivity contribution in [2.75, 3.05) is 26.1 Å². The molecule has 4 heteroatoms. The molecule has 0 spiro atoms. The van der Waals surface area contributed by atoms with Crippen LogP contribution in [0.15, 0.2) is 12.1 Å². The van der Waals surface area contributed by atoms with Gasteiger partial charge in [0.05, 0.1) is 24.9 Å². The Labute approximate surface area is 127 Å². The zero-order valence-electron chi connectivity index (χ0n) is 12.8. The molecular weight excluding hydrogens is 274 g/mol. The molecule has 1 N–H and O–H groups in total. The summed E-state index contributed by atoms with van der Waals surface area (Å²) in [5, 5.41) is 3.98. The maximum Gasteiger partial charge on any atom is 0.145 e. The van der Waals surface area contributed by atoms with E-state index < -0.39 is 0 Å². The smallest absolute Gasteiger partial charge is 0.145 e. The number of halogens is 1. The van der Waals surface area contributed by atoms with Gasteiger partial charge in [0.1, 0.15) is 11.5 Å². The second kappa shape index (κ2) is 9.76. The highest BCUT2D eigenvalue weighted by Crippen LogP contribution is 2.35. The number of benzene rings is 1. The van der Waals surface area contributed by atoms with E-state index in [0.717, 1.165) is 24.4 Å². The number of ether oxygens (including phenoxy) is 2. The highest BCUT2D eigenvalue weighted by atomic mass is 35.5. The second-order valence-corrected chi connectivity index (χ2v) is 5.29. The molecule has 0 atom stereocenters. The fraction of sp³-hybridized carbons (Fsp3) is 0.625. The molecular formula is C16H26ClNO2. The Kier molecular flexibility index (Phi) is 8.28. The van der Waals surface area contributed by atoms with Gasteiger partial charge in [0, 0.05) is 12.6 Å². The summed E-state index contributed by atoms with van der Waals surface area (Å²) in [4.78, 5) is 0. The Hall–Kier alpha value is -1.09. The van der Waals surface area contributed by atoms with Crippen molar-refractivity contribution in [2.45, 2.75) is 45.4 Å². The lowest BCUT2D eigenvalue weighted by molar-refractivity contribution is 0.395. The third-order valence-electron chi connectivity index (χ3n) is 3.32. The Bertz CT molecular complexity index is 396. The van der Waals surface area contributed by atoms with Gasteiger partial charge in [0.25, 0.3) is 0 Å². The third kappa shape index (κ3) is 5.49. The van der Waals surface area contributed by atoms with Crippen LogP contribution in [0.2, 0.25) is 5.02 Å². The predicted octanol–water partition coefficient (Wildman–Crippen LogP) is 5.13. The fourth-order valence-electron chi connectivity index (χ4n) is 2.13. The summed E-state index contributed by atoms with van der Waals surface area (Å²) in [7, 11) is 3.25. The van der Waals surface area contributed by atoms with E-state index in [1.807, 2.05) is 12.1 Å². The first-order valence-electron chi connectivity index (χ1n) is 7.38. The van der Waals surface area contributed by atoms with Gasteiger partial charge in [-0.05, 0) is 12.5 Å². The van der Waals surface area contributed by atoms with Crippen molar-refractivity contribution in [3.05, 3.63) is 17.2 Å². The average molecular weight is 300 g/mol. The zero-order chi connectivity index (χ0) is 14.8. The first-order valence-corrected chi connectivity index (χ1v) is 7.76. The van der Waals surface area contributed by atoms with Crippen LogP contribution in [-0.2, 0) is 0 Å². The van der Waals surface area contributed by atoms with Crippen molar-refractivity contribution in [1.82, 2.24) is 0 Å². The highest BCUT2D eigenvalue weighted by molar-refractivity contribution is 6.32. The van der Waals surface area contributed by atoms with Crippen LogP contribution in [0, 0.1) is 0 Å². The summed E-state index contributed by atoms with van der Waals surface area (Å²) >= 11 is 6.14. The van der Waals surface area contributed by atoms with E-state index in [0.29, 0.717) is 10.8 Å². The second-order valence-electron chi connectivity index (χ2n) is 4.88. The van der Waals surface area contributed by atoms with Crippen LogP contribution in [0.1, 0.15) is 45.4 Å². The van der Waals surface area contributed by atoms with Crippen LogP contribution < -0.4 is 14.8 Å². The fourth-order valence-corrected chi connectivity index (χ4v) is 2.37. The van der Waals surface area contributed by atoms with Gasteiger partial charge in [0.15, 0.2) is 0 Å². The molecule has 0 amide bonds. The molecule has 1 aromatic rings. The average Bonchev–Trinajstić information content (AvgIpc) is 2.46. The molecule has 20 heavy (non-hydrogen) atoms. The Balaban J connectivity index is 2.41. The van der Waals surface area contributed by atoms with Gasteiger partial charge < -0.3 is 14.8 Å². The van der Waals surface area contributed by atoms with E-state index >= 15 is 0 Å². The van der Waals surface area contributed by atoms with E-state index in [-0.39, 0.29) is 0 Å². The van der Waals surface area contributed by atoms with E-state index in [9.17, 15) is 0 Å². The summed E-state index contributed by atoms with van der Waals surface area (Å²) in [6.07, 6.45) is 7.72. The number of anilines is 1. The van der Waals surface area contributed by atoms with Gasteiger partial charge in [-0.3, -0.25) is 0 Å². The van der Waals surface area contributed by atoms with Crippen molar-refractivity contribution >= 4 is 17.3 Å². The summed E-state index contributed by atoms with van der Waals surface area (Å²) in [6, 6.07) is 3.67. The molecule has 0 fully saturated rings. The van der Waals surface area contributed by atoms with Gasteiger partial charge in [-0.1, -0.05) is 50.6 Å². The Morgan fingerprint density at radius 2 is 1.60 bits per heavy atom. The van der Waals surface area contributed by atoms with Crippen LogP contribution in [0.4, 0.5) is 5.69 Å². The van der Waals surface area contributed by atoms with Crippen molar-refractivity contribution in [3.8, 4) is 11.5 Å². The number of unbranched alkanes of at least 4 members (excludes halogenated alkanes) is 5. The van der Waals surface area contributed by atoms with Crippen LogP contribution in [0.25, 0.3) is 0 Å². The molecule has 3 nitrogen and oxygen atoms in total. The Morgan fingerprint density at radius 3 is 2.25 bits per heavy atom. The summed E-state index contributed by atoms with van der Waals surface area (Å²) in [5.41, 5.74) is 0.923. The topological polar surface area (TPSA) is 30.5 Å². The minimum absolute atomic E-state index is 0.596. The lowest BCUT2D eigenvalue weighted by atomic mass is 10.1. The SMILES string of the molecule is CCCCCCCCNc1cc(Cl)c(OC)cc1OC. The van der Waals surface area contributed by atoms with Crippen molar-refractivity contribution in [1.29, 1.82) is 0 Å². The molecule has 114 valence electrons. The van der Waals surface area contributed by atoms with E-state index in [1.54, 1.807) is 14.2 Å². The minimum atomic E-state index is 0.596. The van der Waals surface area contributed by atoms with Crippen molar-refractivity contribution < 1.29 is 9.47 Å². The van der Waals surface area contributed by atoms with E-state index in [1.165, 1.54) is 32.1 Å². The van der Waals surface area contributed by atoms with Crippen LogP contribution in [-0.4, -0.2) is 20.8 Å². The van der Waals surface area contributed by atoms with Crippen LogP contribution in [0.5, 0.6) is 11.5 Å². The standard InChI is InChI=1S/C16H26ClNO2/c1-4-5-6-7-8-9-10-18-14-11-13(17)15(19-2)12-16(14)20-3/h11-12,18H,4-10H2,1-3H3. The molecule has 0 unspecified atom stereocenters. The maximum atomic E-state index is 6.14. The van der Waals surface area contributed by atoms with Gasteiger partial charge >= 0.3 is 0 Å². The molecule has 0 aliphatic heterocycles. The number of methoxy groups -OCH3 is 2. The molecule has 0 radical (unpaired) electrons. The molecule has 0 aliphatic rings. The quantitative estimate of drug-likeness (QED) is 0.608. The first kappa shape index (κ1) is 17.0.